The molecule has 0 aliphatic carbocycles. The number of carbonyl (C=O) groups excluding carboxylic acids is 2. The molecule has 2 aromatic rings. The highest BCUT2D eigenvalue weighted by Gasteiger charge is 2.31. The number of amides is 2. The third-order valence-electron chi connectivity index (χ3n) is 5.31. The molecule has 1 N–H and O–H groups in total. The van der Waals surface area contributed by atoms with Crippen molar-refractivity contribution in [3.05, 3.63) is 64.9 Å². The van der Waals surface area contributed by atoms with Gasteiger partial charge in [-0.05, 0) is 54.5 Å². The predicted molar refractivity (Wildman–Crippen MR) is 110 cm³/mol. The maximum atomic E-state index is 13.1. The van der Waals surface area contributed by atoms with Crippen LogP contribution in [0.4, 0.5) is 0 Å². The Hall–Kier alpha value is -2.40. The molecule has 1 atom stereocenters. The highest BCUT2D eigenvalue weighted by Crippen LogP contribution is 2.29. The second-order valence-electron chi connectivity index (χ2n) is 7.58. The van der Waals surface area contributed by atoms with Crippen LogP contribution in [0.25, 0.3) is 0 Å². The first kappa shape index (κ1) is 20.3. The van der Waals surface area contributed by atoms with Gasteiger partial charge >= 0.3 is 0 Å². The molecule has 1 fully saturated rings. The highest BCUT2D eigenvalue weighted by atomic mass is 35.5. The molecular weight excluding hydrogens is 374 g/mol. The number of nitrogens with zero attached hydrogens (tertiary/aromatic N) is 2. The van der Waals surface area contributed by atoms with Gasteiger partial charge < -0.3 is 10.2 Å². The van der Waals surface area contributed by atoms with E-state index < -0.39 is 6.04 Å². The fraction of sp³-hybridized carbons (Fsp3) is 0.409. The van der Waals surface area contributed by atoms with Crippen molar-refractivity contribution in [1.29, 1.82) is 0 Å². The van der Waals surface area contributed by atoms with Crippen molar-refractivity contribution in [2.75, 3.05) is 13.1 Å². The van der Waals surface area contributed by atoms with Crippen molar-refractivity contribution in [3.8, 4) is 0 Å². The number of hydrogen-bond donors (Lipinski definition) is 1. The molecule has 6 heteroatoms. The molecule has 148 valence electrons. The van der Waals surface area contributed by atoms with Gasteiger partial charge in [0.15, 0.2) is 0 Å². The number of nitrogens with one attached hydrogen (secondary N) is 1. The summed E-state index contributed by atoms with van der Waals surface area (Å²) < 4.78 is 0. The molecule has 5 nitrogen and oxygen atoms in total. The number of carbonyl (C=O) groups is 2. The number of likely N-dealkylation sites (tertiary alicyclic amines) is 1. The van der Waals surface area contributed by atoms with Gasteiger partial charge in [-0.2, -0.15) is 0 Å². The molecule has 3 rings (SSSR count). The van der Waals surface area contributed by atoms with E-state index in [9.17, 15) is 9.59 Å². The Labute approximate surface area is 171 Å². The molecule has 2 heterocycles. The van der Waals surface area contributed by atoms with E-state index in [0.29, 0.717) is 24.6 Å². The Kier molecular flexibility index (Phi) is 6.68. The van der Waals surface area contributed by atoms with Crippen LogP contribution in [0.2, 0.25) is 5.02 Å². The van der Waals surface area contributed by atoms with Gasteiger partial charge in [0.25, 0.3) is 5.91 Å². The van der Waals surface area contributed by atoms with Crippen LogP contribution < -0.4 is 5.32 Å². The minimum absolute atomic E-state index is 0.00674. The molecule has 0 spiro atoms. The molecule has 28 heavy (non-hydrogen) atoms. The van der Waals surface area contributed by atoms with Gasteiger partial charge in [0.2, 0.25) is 5.91 Å². The van der Waals surface area contributed by atoms with E-state index in [0.717, 1.165) is 17.9 Å². The second-order valence-corrected chi connectivity index (χ2v) is 8.02. The zero-order valence-electron chi connectivity index (χ0n) is 16.3. The summed E-state index contributed by atoms with van der Waals surface area (Å²) >= 11 is 5.97. The number of piperidine rings is 1. The number of rotatable bonds is 5. The molecule has 1 aliphatic heterocycles. The van der Waals surface area contributed by atoms with Gasteiger partial charge in [0, 0.05) is 36.1 Å². The van der Waals surface area contributed by atoms with Gasteiger partial charge in [-0.15, -0.1) is 0 Å². The topological polar surface area (TPSA) is 62.3 Å². The summed E-state index contributed by atoms with van der Waals surface area (Å²) in [6, 6.07) is 10.7. The molecule has 2 amide bonds. The summed E-state index contributed by atoms with van der Waals surface area (Å²) in [5.41, 5.74) is 1.78. The molecule has 1 aliphatic rings. The fourth-order valence-corrected chi connectivity index (χ4v) is 3.73. The second kappa shape index (κ2) is 9.20. The van der Waals surface area contributed by atoms with Crippen LogP contribution in [0.5, 0.6) is 0 Å². The number of benzene rings is 1. The molecule has 1 unspecified atom stereocenters. The third kappa shape index (κ3) is 4.90. The Balaban J connectivity index is 1.61. The van der Waals surface area contributed by atoms with E-state index in [-0.39, 0.29) is 17.7 Å². The maximum absolute atomic E-state index is 13.1. The average molecular weight is 400 g/mol. The predicted octanol–water partition coefficient (Wildman–Crippen LogP) is 3.90. The van der Waals surface area contributed by atoms with Crippen LogP contribution in [0.15, 0.2) is 48.8 Å². The lowest BCUT2D eigenvalue weighted by molar-refractivity contribution is -0.135. The minimum atomic E-state index is -0.534. The zero-order chi connectivity index (χ0) is 20.1. The van der Waals surface area contributed by atoms with Crippen molar-refractivity contribution in [2.45, 2.75) is 38.6 Å². The number of aromatic nitrogens is 1. The molecule has 0 bridgehead atoms. The lowest BCUT2D eigenvalue weighted by Gasteiger charge is -2.35. The SMILES string of the molecule is CC(C)C(NC(=O)c1ccncc1)C(=O)N1CCC(c2ccc(Cl)cc2)CC1. The Morgan fingerprint density at radius 2 is 1.68 bits per heavy atom. The van der Waals surface area contributed by atoms with E-state index in [1.54, 1.807) is 24.5 Å². The molecule has 1 aromatic heterocycles. The van der Waals surface area contributed by atoms with Crippen LogP contribution in [-0.4, -0.2) is 40.8 Å². The van der Waals surface area contributed by atoms with E-state index in [1.165, 1.54) is 5.56 Å². The third-order valence-corrected chi connectivity index (χ3v) is 5.56. The molecule has 1 saturated heterocycles. The summed E-state index contributed by atoms with van der Waals surface area (Å²) in [4.78, 5) is 31.4. The summed E-state index contributed by atoms with van der Waals surface area (Å²) in [6.45, 7) is 5.30. The minimum Gasteiger partial charge on any atom is -0.341 e. The summed E-state index contributed by atoms with van der Waals surface area (Å²) in [5.74, 6) is 0.190. The molecule has 0 saturated carbocycles. The van der Waals surface area contributed by atoms with Crippen molar-refractivity contribution in [1.82, 2.24) is 15.2 Å². The van der Waals surface area contributed by atoms with Gasteiger partial charge in [-0.1, -0.05) is 37.6 Å². The standard InChI is InChI=1S/C22H26ClN3O2/c1-15(2)20(25-21(27)18-7-11-24-12-8-18)22(28)26-13-9-17(10-14-26)16-3-5-19(23)6-4-16/h3-8,11-12,15,17,20H,9-10,13-14H2,1-2H3,(H,25,27). The van der Waals surface area contributed by atoms with Gasteiger partial charge in [0.05, 0.1) is 0 Å². The number of hydrogen-bond acceptors (Lipinski definition) is 3. The van der Waals surface area contributed by atoms with Gasteiger partial charge in [-0.3, -0.25) is 14.6 Å². The van der Waals surface area contributed by atoms with E-state index in [2.05, 4.69) is 22.4 Å². The first-order valence-electron chi connectivity index (χ1n) is 9.71. The zero-order valence-corrected chi connectivity index (χ0v) is 17.0. The Bertz CT molecular complexity index is 800. The Morgan fingerprint density at radius 1 is 1.07 bits per heavy atom. The summed E-state index contributed by atoms with van der Waals surface area (Å²) in [6.07, 6.45) is 4.97. The first-order chi connectivity index (χ1) is 13.5. The van der Waals surface area contributed by atoms with Crippen LogP contribution >= 0.6 is 11.6 Å². The van der Waals surface area contributed by atoms with Crippen LogP contribution in [0.1, 0.15) is 48.5 Å². The van der Waals surface area contributed by atoms with E-state index in [1.807, 2.05) is 30.9 Å². The number of halogens is 1. The van der Waals surface area contributed by atoms with Crippen molar-refractivity contribution in [2.24, 2.45) is 5.92 Å². The van der Waals surface area contributed by atoms with Crippen LogP contribution in [0.3, 0.4) is 0 Å². The van der Waals surface area contributed by atoms with E-state index >= 15 is 0 Å². The smallest absolute Gasteiger partial charge is 0.252 e. The van der Waals surface area contributed by atoms with Crippen LogP contribution in [0, 0.1) is 5.92 Å². The van der Waals surface area contributed by atoms with Crippen molar-refractivity contribution in [3.63, 3.8) is 0 Å². The molecule has 0 radical (unpaired) electrons. The van der Waals surface area contributed by atoms with Crippen LogP contribution in [-0.2, 0) is 4.79 Å². The lowest BCUT2D eigenvalue weighted by atomic mass is 9.89. The summed E-state index contributed by atoms with van der Waals surface area (Å²) in [7, 11) is 0. The molecular formula is C22H26ClN3O2. The fourth-order valence-electron chi connectivity index (χ4n) is 3.61. The highest BCUT2D eigenvalue weighted by molar-refractivity contribution is 6.30. The number of pyridine rings is 1. The van der Waals surface area contributed by atoms with Gasteiger partial charge in [0.1, 0.15) is 6.04 Å². The van der Waals surface area contributed by atoms with Gasteiger partial charge in [-0.25, -0.2) is 0 Å². The Morgan fingerprint density at radius 3 is 2.25 bits per heavy atom. The van der Waals surface area contributed by atoms with Crippen molar-refractivity contribution >= 4 is 23.4 Å². The maximum Gasteiger partial charge on any atom is 0.252 e. The lowest BCUT2D eigenvalue weighted by Crippen LogP contribution is -2.52. The monoisotopic (exact) mass is 399 g/mol. The first-order valence-corrected chi connectivity index (χ1v) is 10.1. The average Bonchev–Trinajstić information content (AvgIpc) is 2.72. The normalized spacial score (nSPS) is 16.1. The van der Waals surface area contributed by atoms with E-state index in [4.69, 9.17) is 11.6 Å². The molecule has 1 aromatic carbocycles. The largest absolute Gasteiger partial charge is 0.341 e. The van der Waals surface area contributed by atoms with Crippen molar-refractivity contribution < 1.29 is 9.59 Å². The summed E-state index contributed by atoms with van der Waals surface area (Å²) in [5, 5.41) is 3.64. The quantitative estimate of drug-likeness (QED) is 0.829.